The summed E-state index contributed by atoms with van der Waals surface area (Å²) < 4.78 is 16.3. The zero-order valence-electron chi connectivity index (χ0n) is 17.9. The molecule has 0 saturated carbocycles. The summed E-state index contributed by atoms with van der Waals surface area (Å²) in [7, 11) is 0. The first kappa shape index (κ1) is 22.2. The fraction of sp³-hybridized carbons (Fsp3) is 0.280. The third-order valence-electron chi connectivity index (χ3n) is 4.66. The number of hydrogen-bond acceptors (Lipinski definition) is 5. The highest BCUT2D eigenvalue weighted by Gasteiger charge is 2.11. The molecule has 3 aromatic carbocycles. The minimum Gasteiger partial charge on any atom is -0.490 e. The highest BCUT2D eigenvalue weighted by atomic mass is 16.5. The molecule has 0 unspecified atom stereocenters. The average Bonchev–Trinajstić information content (AvgIpc) is 2.79. The molecule has 1 N–H and O–H groups in total. The molecule has 0 atom stereocenters. The molecule has 0 fully saturated rings. The van der Waals surface area contributed by atoms with E-state index < -0.39 is 5.97 Å². The van der Waals surface area contributed by atoms with Gasteiger partial charge >= 0.3 is 5.97 Å². The molecule has 0 aliphatic heterocycles. The molecule has 162 valence electrons. The standard InChI is InChI=1S/C25H27NO5/c1-3-29-22-12-9-18(15-23(22)30-4-2)13-14-26-24(27)17-31-25(28)21-11-10-19-7-5-6-8-20(19)16-21/h5-12,15-16H,3-4,13-14,17H2,1-2H3,(H,26,27). The molecular weight excluding hydrogens is 394 g/mol. The summed E-state index contributed by atoms with van der Waals surface area (Å²) in [5.41, 5.74) is 1.43. The van der Waals surface area contributed by atoms with Gasteiger partial charge in [-0.05, 0) is 60.9 Å². The van der Waals surface area contributed by atoms with Crippen LogP contribution in [0.3, 0.4) is 0 Å². The fourth-order valence-electron chi connectivity index (χ4n) is 3.18. The van der Waals surface area contributed by atoms with Gasteiger partial charge in [-0.15, -0.1) is 0 Å². The first-order chi connectivity index (χ1) is 15.1. The van der Waals surface area contributed by atoms with Crippen molar-refractivity contribution in [2.45, 2.75) is 20.3 Å². The van der Waals surface area contributed by atoms with Crippen LogP contribution < -0.4 is 14.8 Å². The third-order valence-corrected chi connectivity index (χ3v) is 4.66. The molecule has 1 amide bonds. The number of carbonyl (C=O) groups excluding carboxylic acids is 2. The summed E-state index contributed by atoms with van der Waals surface area (Å²) in [6, 6.07) is 18.8. The second kappa shape index (κ2) is 11.0. The summed E-state index contributed by atoms with van der Waals surface area (Å²) >= 11 is 0. The van der Waals surface area contributed by atoms with E-state index in [-0.39, 0.29) is 12.5 Å². The number of nitrogens with one attached hydrogen (secondary N) is 1. The Kier molecular flexibility index (Phi) is 7.87. The van der Waals surface area contributed by atoms with Gasteiger partial charge in [-0.1, -0.05) is 36.4 Å². The van der Waals surface area contributed by atoms with E-state index >= 15 is 0 Å². The summed E-state index contributed by atoms with van der Waals surface area (Å²) in [4.78, 5) is 24.3. The molecule has 0 heterocycles. The Bertz CT molecular complexity index is 1050. The summed E-state index contributed by atoms with van der Waals surface area (Å²) in [5, 5.41) is 4.76. The average molecular weight is 421 g/mol. The molecule has 3 aromatic rings. The summed E-state index contributed by atoms with van der Waals surface area (Å²) in [6.45, 7) is 5.05. The van der Waals surface area contributed by atoms with Crippen LogP contribution in [0.4, 0.5) is 0 Å². The van der Waals surface area contributed by atoms with Crippen LogP contribution in [0.2, 0.25) is 0 Å². The van der Waals surface area contributed by atoms with Gasteiger partial charge in [0.15, 0.2) is 18.1 Å². The van der Waals surface area contributed by atoms with Crippen LogP contribution in [0, 0.1) is 0 Å². The first-order valence-corrected chi connectivity index (χ1v) is 10.4. The van der Waals surface area contributed by atoms with E-state index in [1.165, 1.54) is 0 Å². The van der Waals surface area contributed by atoms with Crippen LogP contribution in [-0.2, 0) is 16.0 Å². The van der Waals surface area contributed by atoms with Gasteiger partial charge < -0.3 is 19.5 Å². The van der Waals surface area contributed by atoms with Gasteiger partial charge in [-0.25, -0.2) is 4.79 Å². The third kappa shape index (κ3) is 6.22. The van der Waals surface area contributed by atoms with Crippen LogP contribution in [0.5, 0.6) is 11.5 Å². The number of hydrogen-bond donors (Lipinski definition) is 1. The van der Waals surface area contributed by atoms with E-state index in [0.29, 0.717) is 43.2 Å². The van der Waals surface area contributed by atoms with Crippen LogP contribution >= 0.6 is 0 Å². The van der Waals surface area contributed by atoms with Crippen molar-refractivity contribution in [3.8, 4) is 11.5 Å². The number of amides is 1. The normalized spacial score (nSPS) is 10.5. The maximum absolute atomic E-state index is 12.2. The maximum atomic E-state index is 12.2. The molecule has 0 aromatic heterocycles. The van der Waals surface area contributed by atoms with Crippen molar-refractivity contribution in [2.75, 3.05) is 26.4 Å². The molecule has 0 aliphatic rings. The van der Waals surface area contributed by atoms with Crippen LogP contribution in [0.25, 0.3) is 10.8 Å². The van der Waals surface area contributed by atoms with E-state index in [1.54, 1.807) is 12.1 Å². The highest BCUT2D eigenvalue weighted by molar-refractivity contribution is 5.96. The zero-order valence-corrected chi connectivity index (χ0v) is 17.9. The SMILES string of the molecule is CCOc1ccc(CCNC(=O)COC(=O)c2ccc3ccccc3c2)cc1OCC. The lowest BCUT2D eigenvalue weighted by atomic mass is 10.1. The molecule has 3 rings (SSSR count). The van der Waals surface area contributed by atoms with Gasteiger partial charge in [0.25, 0.3) is 5.91 Å². The van der Waals surface area contributed by atoms with Gasteiger partial charge in [-0.3, -0.25) is 4.79 Å². The Morgan fingerprint density at radius 2 is 1.58 bits per heavy atom. The van der Waals surface area contributed by atoms with Crippen molar-refractivity contribution < 1.29 is 23.8 Å². The van der Waals surface area contributed by atoms with E-state index in [2.05, 4.69) is 5.32 Å². The zero-order chi connectivity index (χ0) is 22.1. The maximum Gasteiger partial charge on any atom is 0.338 e. The molecule has 31 heavy (non-hydrogen) atoms. The van der Waals surface area contributed by atoms with Crippen molar-refractivity contribution in [1.82, 2.24) is 5.32 Å². The Labute approximate surface area is 182 Å². The number of fused-ring (bicyclic) bond motifs is 1. The first-order valence-electron chi connectivity index (χ1n) is 10.4. The molecule has 0 spiro atoms. The van der Waals surface area contributed by atoms with Crippen molar-refractivity contribution in [3.63, 3.8) is 0 Å². The van der Waals surface area contributed by atoms with Gasteiger partial charge in [-0.2, -0.15) is 0 Å². The fourth-order valence-corrected chi connectivity index (χ4v) is 3.18. The smallest absolute Gasteiger partial charge is 0.338 e. The number of benzene rings is 3. The molecule has 0 aliphatic carbocycles. The van der Waals surface area contributed by atoms with Crippen LogP contribution in [0.1, 0.15) is 29.8 Å². The van der Waals surface area contributed by atoms with Gasteiger partial charge in [0.1, 0.15) is 0 Å². The second-order valence-corrected chi connectivity index (χ2v) is 6.89. The minimum atomic E-state index is -0.520. The van der Waals surface area contributed by atoms with Gasteiger partial charge in [0, 0.05) is 6.54 Å². The predicted molar refractivity (Wildman–Crippen MR) is 120 cm³/mol. The Balaban J connectivity index is 1.46. The predicted octanol–water partition coefficient (Wildman–Crippen LogP) is 4.15. The van der Waals surface area contributed by atoms with Crippen molar-refractivity contribution in [2.24, 2.45) is 0 Å². The lowest BCUT2D eigenvalue weighted by Gasteiger charge is -2.12. The molecule has 6 nitrogen and oxygen atoms in total. The van der Waals surface area contributed by atoms with E-state index in [1.807, 2.05) is 62.4 Å². The second-order valence-electron chi connectivity index (χ2n) is 6.89. The minimum absolute atomic E-state index is 0.320. The molecule has 0 radical (unpaired) electrons. The van der Waals surface area contributed by atoms with Crippen molar-refractivity contribution in [1.29, 1.82) is 0 Å². The van der Waals surface area contributed by atoms with E-state index in [4.69, 9.17) is 14.2 Å². The molecular formula is C25H27NO5. The van der Waals surface area contributed by atoms with Crippen molar-refractivity contribution in [3.05, 3.63) is 71.8 Å². The Morgan fingerprint density at radius 1 is 0.839 bits per heavy atom. The Morgan fingerprint density at radius 3 is 2.35 bits per heavy atom. The largest absolute Gasteiger partial charge is 0.490 e. The van der Waals surface area contributed by atoms with E-state index in [9.17, 15) is 9.59 Å². The quantitative estimate of drug-likeness (QED) is 0.498. The lowest BCUT2D eigenvalue weighted by Crippen LogP contribution is -2.30. The van der Waals surface area contributed by atoms with Crippen LogP contribution in [-0.4, -0.2) is 38.2 Å². The van der Waals surface area contributed by atoms with Gasteiger partial charge in [0.2, 0.25) is 0 Å². The lowest BCUT2D eigenvalue weighted by molar-refractivity contribution is -0.124. The monoisotopic (exact) mass is 421 g/mol. The van der Waals surface area contributed by atoms with Crippen molar-refractivity contribution >= 4 is 22.6 Å². The Hall–Kier alpha value is -3.54. The topological polar surface area (TPSA) is 73.9 Å². The molecule has 0 saturated heterocycles. The number of rotatable bonds is 10. The highest BCUT2D eigenvalue weighted by Crippen LogP contribution is 2.28. The summed E-state index contributed by atoms with van der Waals surface area (Å²) in [6.07, 6.45) is 0.622. The molecule has 6 heteroatoms. The number of ether oxygens (including phenoxy) is 3. The summed E-state index contributed by atoms with van der Waals surface area (Å²) in [5.74, 6) is 0.536. The molecule has 0 bridgehead atoms. The van der Waals surface area contributed by atoms with E-state index in [0.717, 1.165) is 16.3 Å². The number of esters is 1. The van der Waals surface area contributed by atoms with Crippen LogP contribution in [0.15, 0.2) is 60.7 Å². The number of carbonyl (C=O) groups is 2. The van der Waals surface area contributed by atoms with Gasteiger partial charge in [0.05, 0.1) is 18.8 Å².